The molecule has 0 aliphatic heterocycles. The monoisotopic (exact) mass is 381 g/mol. The van der Waals surface area contributed by atoms with E-state index in [1.54, 1.807) is 13.1 Å². The van der Waals surface area contributed by atoms with E-state index in [-0.39, 0.29) is 23.3 Å². The Bertz CT molecular complexity index is 986. The Morgan fingerprint density at radius 3 is 2.63 bits per heavy atom. The number of benzene rings is 2. The number of hydrogen-bond donors (Lipinski definition) is 1. The van der Waals surface area contributed by atoms with Crippen molar-refractivity contribution < 1.29 is 4.79 Å². The summed E-state index contributed by atoms with van der Waals surface area (Å²) in [4.78, 5) is 29.2. The fourth-order valence-electron chi connectivity index (χ4n) is 2.87. The third kappa shape index (κ3) is 4.98. The third-order valence-electron chi connectivity index (χ3n) is 4.39. The zero-order valence-electron chi connectivity index (χ0n) is 15.5. The van der Waals surface area contributed by atoms with Crippen molar-refractivity contribution in [2.24, 2.45) is 7.05 Å². The molecule has 1 heterocycles. The van der Waals surface area contributed by atoms with Gasteiger partial charge in [-0.3, -0.25) is 14.2 Å². The number of nitrogens with zero attached hydrogens (tertiary/aromatic N) is 2. The number of aromatic nitrogens is 2. The Balaban J connectivity index is 1.55. The maximum atomic E-state index is 12.4. The van der Waals surface area contributed by atoms with Gasteiger partial charge in [0.15, 0.2) is 5.16 Å². The largest absolute Gasteiger partial charge is 0.353 e. The first-order valence-electron chi connectivity index (χ1n) is 8.96. The highest BCUT2D eigenvalue weighted by Gasteiger charge is 2.12. The zero-order valence-corrected chi connectivity index (χ0v) is 16.3. The summed E-state index contributed by atoms with van der Waals surface area (Å²) in [5, 5.41) is 4.15. The highest BCUT2D eigenvalue weighted by molar-refractivity contribution is 7.99. The number of fused-ring (bicyclic) bond motifs is 1. The van der Waals surface area contributed by atoms with Gasteiger partial charge in [-0.15, -0.1) is 0 Å². The van der Waals surface area contributed by atoms with E-state index in [9.17, 15) is 9.59 Å². The Labute approximate surface area is 162 Å². The normalized spacial score (nSPS) is 12.1. The summed E-state index contributed by atoms with van der Waals surface area (Å²) < 4.78 is 1.50. The van der Waals surface area contributed by atoms with Gasteiger partial charge < -0.3 is 5.32 Å². The van der Waals surface area contributed by atoms with Crippen LogP contribution in [0.2, 0.25) is 0 Å². The van der Waals surface area contributed by atoms with E-state index >= 15 is 0 Å². The van der Waals surface area contributed by atoms with Gasteiger partial charge in [0.2, 0.25) is 5.91 Å². The molecule has 2 aromatic carbocycles. The van der Waals surface area contributed by atoms with E-state index in [0.717, 1.165) is 12.8 Å². The summed E-state index contributed by atoms with van der Waals surface area (Å²) in [5.41, 5.74) is 1.82. The number of amides is 1. The summed E-state index contributed by atoms with van der Waals surface area (Å²) in [6.45, 7) is 2.01. The van der Waals surface area contributed by atoms with Crippen LogP contribution < -0.4 is 10.9 Å². The van der Waals surface area contributed by atoms with E-state index < -0.39 is 0 Å². The van der Waals surface area contributed by atoms with Crippen LogP contribution in [0.15, 0.2) is 64.5 Å². The van der Waals surface area contributed by atoms with Gasteiger partial charge in [-0.25, -0.2) is 4.98 Å². The standard InChI is InChI=1S/C21H23N3O2S/c1-15(12-13-16-8-4-3-5-9-16)22-19(25)14-27-21-23-18-11-7-6-10-17(18)20(26)24(21)2/h3-11,15H,12-14H2,1-2H3,(H,22,25). The van der Waals surface area contributed by atoms with Gasteiger partial charge in [0.05, 0.1) is 16.7 Å². The molecule has 1 N–H and O–H groups in total. The molecular formula is C21H23N3O2S. The predicted molar refractivity (Wildman–Crippen MR) is 110 cm³/mol. The SMILES string of the molecule is CC(CCc1ccccc1)NC(=O)CSc1nc2ccccc2c(=O)n1C. The molecule has 27 heavy (non-hydrogen) atoms. The number of hydrogen-bond acceptors (Lipinski definition) is 4. The van der Waals surface area contributed by atoms with Crippen molar-refractivity contribution in [3.8, 4) is 0 Å². The number of aryl methyl sites for hydroxylation is 1. The fraction of sp³-hybridized carbons (Fsp3) is 0.286. The molecule has 1 unspecified atom stereocenters. The molecule has 0 fully saturated rings. The van der Waals surface area contributed by atoms with E-state index in [2.05, 4.69) is 22.4 Å². The van der Waals surface area contributed by atoms with Gasteiger partial charge in [-0.05, 0) is 37.5 Å². The lowest BCUT2D eigenvalue weighted by molar-refractivity contribution is -0.119. The maximum Gasteiger partial charge on any atom is 0.261 e. The smallest absolute Gasteiger partial charge is 0.261 e. The molecule has 1 atom stereocenters. The molecule has 3 aromatic rings. The molecule has 0 radical (unpaired) electrons. The van der Waals surface area contributed by atoms with Gasteiger partial charge in [0.25, 0.3) is 5.56 Å². The van der Waals surface area contributed by atoms with Crippen LogP contribution in [-0.2, 0) is 18.3 Å². The van der Waals surface area contributed by atoms with Gasteiger partial charge >= 0.3 is 0 Å². The summed E-state index contributed by atoms with van der Waals surface area (Å²) in [6, 6.07) is 17.6. The fourth-order valence-corrected chi connectivity index (χ4v) is 3.66. The topological polar surface area (TPSA) is 64.0 Å². The van der Waals surface area contributed by atoms with Crippen molar-refractivity contribution in [2.45, 2.75) is 31.0 Å². The van der Waals surface area contributed by atoms with Crippen LogP contribution >= 0.6 is 11.8 Å². The number of thioether (sulfide) groups is 1. The van der Waals surface area contributed by atoms with Crippen molar-refractivity contribution >= 4 is 28.6 Å². The molecule has 0 bridgehead atoms. The molecule has 0 aliphatic carbocycles. The van der Waals surface area contributed by atoms with E-state index in [4.69, 9.17) is 0 Å². The van der Waals surface area contributed by atoms with E-state index in [1.165, 1.54) is 21.9 Å². The van der Waals surface area contributed by atoms with Crippen LogP contribution in [0.1, 0.15) is 18.9 Å². The summed E-state index contributed by atoms with van der Waals surface area (Å²) in [7, 11) is 1.69. The second-order valence-electron chi connectivity index (χ2n) is 6.56. The van der Waals surface area contributed by atoms with E-state index in [1.807, 2.05) is 43.3 Å². The van der Waals surface area contributed by atoms with E-state index in [0.29, 0.717) is 16.1 Å². The lowest BCUT2D eigenvalue weighted by Crippen LogP contribution is -2.34. The molecule has 0 saturated carbocycles. The molecule has 0 saturated heterocycles. The van der Waals surface area contributed by atoms with Crippen molar-refractivity contribution in [1.29, 1.82) is 0 Å². The first kappa shape index (κ1) is 19.2. The Hall–Kier alpha value is -2.60. The van der Waals surface area contributed by atoms with Crippen molar-refractivity contribution in [3.05, 3.63) is 70.5 Å². The highest BCUT2D eigenvalue weighted by atomic mass is 32.2. The summed E-state index contributed by atoms with van der Waals surface area (Å²) >= 11 is 1.28. The zero-order chi connectivity index (χ0) is 19.2. The lowest BCUT2D eigenvalue weighted by Gasteiger charge is -2.14. The molecule has 1 amide bonds. The van der Waals surface area contributed by atoms with Gasteiger partial charge in [0, 0.05) is 13.1 Å². The summed E-state index contributed by atoms with van der Waals surface area (Å²) in [6.07, 6.45) is 1.81. The van der Waals surface area contributed by atoms with Crippen LogP contribution in [0.5, 0.6) is 0 Å². The highest BCUT2D eigenvalue weighted by Crippen LogP contribution is 2.16. The van der Waals surface area contributed by atoms with Crippen LogP contribution in [-0.4, -0.2) is 27.3 Å². The molecule has 140 valence electrons. The van der Waals surface area contributed by atoms with Crippen LogP contribution in [0.25, 0.3) is 10.9 Å². The number of nitrogens with one attached hydrogen (secondary N) is 1. The van der Waals surface area contributed by atoms with Crippen LogP contribution in [0.3, 0.4) is 0 Å². The number of carbonyl (C=O) groups excluding carboxylic acids is 1. The number of carbonyl (C=O) groups is 1. The van der Waals surface area contributed by atoms with Crippen molar-refractivity contribution in [1.82, 2.24) is 14.9 Å². The van der Waals surface area contributed by atoms with Crippen LogP contribution in [0, 0.1) is 0 Å². The number of para-hydroxylation sites is 1. The maximum absolute atomic E-state index is 12.4. The molecular weight excluding hydrogens is 358 g/mol. The Kier molecular flexibility index (Phi) is 6.29. The molecule has 3 rings (SSSR count). The summed E-state index contributed by atoms with van der Waals surface area (Å²) in [5.74, 6) is 0.178. The quantitative estimate of drug-likeness (QED) is 0.504. The van der Waals surface area contributed by atoms with Crippen molar-refractivity contribution in [2.75, 3.05) is 5.75 Å². The molecule has 0 spiro atoms. The minimum Gasteiger partial charge on any atom is -0.353 e. The Morgan fingerprint density at radius 2 is 1.85 bits per heavy atom. The molecule has 6 heteroatoms. The Morgan fingerprint density at radius 1 is 1.15 bits per heavy atom. The van der Waals surface area contributed by atoms with Gasteiger partial charge in [-0.2, -0.15) is 0 Å². The van der Waals surface area contributed by atoms with Gasteiger partial charge in [-0.1, -0.05) is 54.2 Å². The van der Waals surface area contributed by atoms with Gasteiger partial charge in [0.1, 0.15) is 0 Å². The lowest BCUT2D eigenvalue weighted by atomic mass is 10.1. The first-order chi connectivity index (χ1) is 13.0. The molecule has 1 aromatic heterocycles. The number of rotatable bonds is 7. The molecule has 5 nitrogen and oxygen atoms in total. The average molecular weight is 382 g/mol. The van der Waals surface area contributed by atoms with Crippen molar-refractivity contribution in [3.63, 3.8) is 0 Å². The predicted octanol–water partition coefficient (Wildman–Crippen LogP) is 3.16. The average Bonchev–Trinajstić information content (AvgIpc) is 2.69. The minimum absolute atomic E-state index is 0.0528. The first-order valence-corrected chi connectivity index (χ1v) is 9.95. The second-order valence-corrected chi connectivity index (χ2v) is 7.50. The second kappa shape index (κ2) is 8.86. The minimum atomic E-state index is -0.0975. The molecule has 0 aliphatic rings. The van der Waals surface area contributed by atoms with Crippen LogP contribution in [0.4, 0.5) is 0 Å². The third-order valence-corrected chi connectivity index (χ3v) is 5.42.